The molecule has 1 heterocycles. The standard InChI is InChI=1S/C8H5BrN2O2.C2H6/c9-6-3-1-5(2-4-6)7-10-8(12)13-11-7;1-2/h1-4H,(H,10,11,12);1-2H3. The van der Waals surface area contributed by atoms with Gasteiger partial charge in [-0.1, -0.05) is 47.1 Å². The van der Waals surface area contributed by atoms with E-state index < -0.39 is 5.76 Å². The molecule has 5 heteroatoms. The van der Waals surface area contributed by atoms with Crippen LogP contribution in [0.25, 0.3) is 11.4 Å². The van der Waals surface area contributed by atoms with Crippen molar-refractivity contribution in [2.45, 2.75) is 13.8 Å². The number of hydrogen-bond donors (Lipinski definition) is 1. The molecule has 0 amide bonds. The summed E-state index contributed by atoms with van der Waals surface area (Å²) in [5, 5.41) is 3.56. The van der Waals surface area contributed by atoms with Crippen LogP contribution in [0.3, 0.4) is 0 Å². The van der Waals surface area contributed by atoms with Crippen molar-refractivity contribution in [3.63, 3.8) is 0 Å². The fraction of sp³-hybridized carbons (Fsp3) is 0.200. The molecule has 0 aliphatic carbocycles. The fourth-order valence-corrected chi connectivity index (χ4v) is 1.23. The zero-order chi connectivity index (χ0) is 11.3. The van der Waals surface area contributed by atoms with Crippen LogP contribution in [-0.2, 0) is 0 Å². The van der Waals surface area contributed by atoms with E-state index >= 15 is 0 Å². The van der Waals surface area contributed by atoms with Gasteiger partial charge in [-0.05, 0) is 12.1 Å². The molecule has 1 aromatic heterocycles. The third-order valence-corrected chi connectivity index (χ3v) is 2.09. The van der Waals surface area contributed by atoms with E-state index in [1.807, 2.05) is 38.1 Å². The molecule has 0 saturated carbocycles. The van der Waals surface area contributed by atoms with Gasteiger partial charge in [0.15, 0.2) is 5.82 Å². The van der Waals surface area contributed by atoms with Gasteiger partial charge in [-0.15, -0.1) is 0 Å². The topological polar surface area (TPSA) is 58.9 Å². The van der Waals surface area contributed by atoms with Gasteiger partial charge in [0, 0.05) is 10.0 Å². The van der Waals surface area contributed by atoms with E-state index in [0.717, 1.165) is 10.0 Å². The van der Waals surface area contributed by atoms with E-state index in [2.05, 4.69) is 30.6 Å². The highest BCUT2D eigenvalue weighted by Gasteiger charge is 2.02. The summed E-state index contributed by atoms with van der Waals surface area (Å²) in [5.74, 6) is -0.101. The minimum Gasteiger partial charge on any atom is -0.296 e. The summed E-state index contributed by atoms with van der Waals surface area (Å²) in [4.78, 5) is 13.1. The fourth-order valence-electron chi connectivity index (χ4n) is 0.962. The van der Waals surface area contributed by atoms with Crippen molar-refractivity contribution in [2.24, 2.45) is 0 Å². The average molecular weight is 271 g/mol. The zero-order valence-corrected chi connectivity index (χ0v) is 10.0. The van der Waals surface area contributed by atoms with Gasteiger partial charge in [-0.25, -0.2) is 4.79 Å². The first-order valence-electron chi connectivity index (χ1n) is 4.57. The maximum Gasteiger partial charge on any atom is 0.439 e. The number of rotatable bonds is 1. The number of aromatic nitrogens is 2. The average Bonchev–Trinajstić information content (AvgIpc) is 2.69. The van der Waals surface area contributed by atoms with E-state index in [9.17, 15) is 4.79 Å². The second-order valence-electron chi connectivity index (χ2n) is 2.45. The Balaban J connectivity index is 0.000000531. The Morgan fingerprint density at radius 2 is 1.87 bits per heavy atom. The lowest BCUT2D eigenvalue weighted by atomic mass is 10.2. The second-order valence-corrected chi connectivity index (χ2v) is 3.37. The molecule has 0 fully saturated rings. The molecular formula is C10H11BrN2O2. The molecule has 1 N–H and O–H groups in total. The van der Waals surface area contributed by atoms with E-state index in [0.29, 0.717) is 5.82 Å². The molecular weight excluding hydrogens is 260 g/mol. The third-order valence-electron chi connectivity index (χ3n) is 1.56. The first kappa shape index (κ1) is 11.7. The van der Waals surface area contributed by atoms with Crippen molar-refractivity contribution >= 4 is 15.9 Å². The van der Waals surface area contributed by atoms with Gasteiger partial charge in [-0.3, -0.25) is 9.51 Å². The van der Waals surface area contributed by atoms with E-state index in [1.165, 1.54) is 0 Å². The molecule has 0 aliphatic rings. The predicted octanol–water partition coefficient (Wildman–Crippen LogP) is 2.82. The first-order valence-corrected chi connectivity index (χ1v) is 5.37. The third kappa shape index (κ3) is 3.06. The molecule has 0 saturated heterocycles. The largest absolute Gasteiger partial charge is 0.439 e. The quantitative estimate of drug-likeness (QED) is 0.867. The van der Waals surface area contributed by atoms with Gasteiger partial charge in [0.25, 0.3) is 0 Å². The van der Waals surface area contributed by atoms with Gasteiger partial charge in [0.2, 0.25) is 0 Å². The molecule has 2 rings (SSSR count). The second kappa shape index (κ2) is 5.50. The molecule has 0 spiro atoms. The molecule has 80 valence electrons. The molecule has 0 unspecified atom stereocenters. The predicted molar refractivity (Wildman–Crippen MR) is 61.6 cm³/mol. The van der Waals surface area contributed by atoms with Crippen LogP contribution in [0.15, 0.2) is 38.1 Å². The van der Waals surface area contributed by atoms with Crippen LogP contribution in [0.2, 0.25) is 0 Å². The Kier molecular flexibility index (Phi) is 4.30. The van der Waals surface area contributed by atoms with Gasteiger partial charge in [0.1, 0.15) is 0 Å². The van der Waals surface area contributed by atoms with Crippen molar-refractivity contribution in [3.05, 3.63) is 39.3 Å². The molecule has 0 atom stereocenters. The van der Waals surface area contributed by atoms with Crippen LogP contribution in [-0.4, -0.2) is 10.1 Å². The Bertz CT molecular complexity index is 459. The maximum absolute atomic E-state index is 10.6. The number of H-pyrrole nitrogens is 1. The first-order chi connectivity index (χ1) is 7.25. The van der Waals surface area contributed by atoms with Crippen molar-refractivity contribution < 1.29 is 4.52 Å². The number of nitrogens with zero attached hydrogens (tertiary/aromatic N) is 1. The summed E-state index contributed by atoms with van der Waals surface area (Å²) in [6, 6.07) is 7.39. The Labute approximate surface area is 95.4 Å². The normalized spacial score (nSPS) is 9.27. The minimum absolute atomic E-state index is 0.442. The summed E-state index contributed by atoms with van der Waals surface area (Å²) >= 11 is 3.31. The van der Waals surface area contributed by atoms with Crippen LogP contribution in [0.4, 0.5) is 0 Å². The zero-order valence-electron chi connectivity index (χ0n) is 8.45. The number of nitrogens with one attached hydrogen (secondary N) is 1. The molecule has 0 bridgehead atoms. The molecule has 1 aromatic carbocycles. The summed E-state index contributed by atoms with van der Waals surface area (Å²) in [7, 11) is 0. The molecule has 4 nitrogen and oxygen atoms in total. The van der Waals surface area contributed by atoms with Crippen LogP contribution in [0.1, 0.15) is 13.8 Å². The summed E-state index contributed by atoms with van der Waals surface area (Å²) < 4.78 is 5.35. The molecule has 0 aliphatic heterocycles. The number of benzene rings is 1. The van der Waals surface area contributed by atoms with Gasteiger partial charge in [-0.2, -0.15) is 0 Å². The van der Waals surface area contributed by atoms with Gasteiger partial charge >= 0.3 is 5.76 Å². The van der Waals surface area contributed by atoms with E-state index in [4.69, 9.17) is 0 Å². The Morgan fingerprint density at radius 3 is 2.33 bits per heavy atom. The van der Waals surface area contributed by atoms with E-state index in [1.54, 1.807) is 0 Å². The summed E-state index contributed by atoms with van der Waals surface area (Å²) in [5.41, 5.74) is 0.814. The van der Waals surface area contributed by atoms with Gasteiger partial charge < -0.3 is 0 Å². The van der Waals surface area contributed by atoms with Crippen molar-refractivity contribution in [1.82, 2.24) is 10.1 Å². The molecule has 0 radical (unpaired) electrons. The smallest absolute Gasteiger partial charge is 0.296 e. The van der Waals surface area contributed by atoms with Crippen molar-refractivity contribution in [3.8, 4) is 11.4 Å². The highest BCUT2D eigenvalue weighted by Crippen LogP contribution is 2.16. The monoisotopic (exact) mass is 270 g/mol. The highest BCUT2D eigenvalue weighted by molar-refractivity contribution is 9.10. The van der Waals surface area contributed by atoms with Crippen LogP contribution in [0.5, 0.6) is 0 Å². The summed E-state index contributed by atoms with van der Waals surface area (Å²) in [6.07, 6.45) is 0. The summed E-state index contributed by atoms with van der Waals surface area (Å²) in [6.45, 7) is 4.00. The number of aromatic amines is 1. The Hall–Kier alpha value is -1.36. The number of halogens is 1. The van der Waals surface area contributed by atoms with Gasteiger partial charge in [0.05, 0.1) is 0 Å². The molecule has 15 heavy (non-hydrogen) atoms. The SMILES string of the molecule is CC.O=c1[nH]c(-c2ccc(Br)cc2)no1. The van der Waals surface area contributed by atoms with Crippen molar-refractivity contribution in [2.75, 3.05) is 0 Å². The lowest BCUT2D eigenvalue weighted by Crippen LogP contribution is -1.94. The highest BCUT2D eigenvalue weighted by atomic mass is 79.9. The van der Waals surface area contributed by atoms with Crippen LogP contribution >= 0.6 is 15.9 Å². The number of hydrogen-bond acceptors (Lipinski definition) is 3. The molecule has 2 aromatic rings. The van der Waals surface area contributed by atoms with Crippen LogP contribution < -0.4 is 5.76 Å². The van der Waals surface area contributed by atoms with Crippen LogP contribution in [0, 0.1) is 0 Å². The maximum atomic E-state index is 10.6. The lowest BCUT2D eigenvalue weighted by molar-refractivity contribution is 0.388. The van der Waals surface area contributed by atoms with Crippen molar-refractivity contribution in [1.29, 1.82) is 0 Å². The lowest BCUT2D eigenvalue weighted by Gasteiger charge is -1.93. The van der Waals surface area contributed by atoms with E-state index in [-0.39, 0.29) is 0 Å². The minimum atomic E-state index is -0.544. The Morgan fingerprint density at radius 1 is 1.27 bits per heavy atom.